The number of nitrogens with two attached hydrogens (primary N) is 1. The maximum absolute atomic E-state index is 13.1. The number of para-hydroxylation sites is 1. The van der Waals surface area contributed by atoms with Crippen LogP contribution in [0.2, 0.25) is 0 Å². The van der Waals surface area contributed by atoms with Gasteiger partial charge in [-0.05, 0) is 12.1 Å². The molecule has 4 heteroatoms. The molecule has 0 fully saturated rings. The van der Waals surface area contributed by atoms with Crippen LogP contribution >= 0.6 is 0 Å². The zero-order valence-corrected chi connectivity index (χ0v) is 7.34. The van der Waals surface area contributed by atoms with Gasteiger partial charge < -0.3 is 10.2 Å². The van der Waals surface area contributed by atoms with Crippen LogP contribution in [0.25, 0.3) is 11.0 Å². The van der Waals surface area contributed by atoms with Crippen molar-refractivity contribution >= 4 is 11.0 Å². The molecule has 0 aliphatic rings. The Morgan fingerprint density at radius 3 is 2.64 bits per heavy atom. The summed E-state index contributed by atoms with van der Waals surface area (Å²) in [5.74, 6) is -3.46. The minimum atomic E-state index is -3.08. The van der Waals surface area contributed by atoms with Crippen molar-refractivity contribution in [2.24, 2.45) is 5.73 Å². The van der Waals surface area contributed by atoms with Gasteiger partial charge in [-0.1, -0.05) is 18.2 Å². The Labute approximate surface area is 79.3 Å². The lowest BCUT2D eigenvalue weighted by atomic mass is 10.2. The Balaban J connectivity index is 2.55. The van der Waals surface area contributed by atoms with Crippen molar-refractivity contribution in [3.63, 3.8) is 0 Å². The first-order chi connectivity index (χ1) is 6.63. The van der Waals surface area contributed by atoms with E-state index in [0.717, 1.165) is 0 Å². The predicted molar refractivity (Wildman–Crippen MR) is 49.2 cm³/mol. The number of benzene rings is 1. The van der Waals surface area contributed by atoms with Crippen molar-refractivity contribution in [3.05, 3.63) is 36.1 Å². The summed E-state index contributed by atoms with van der Waals surface area (Å²) in [7, 11) is 0. The molecule has 2 aromatic rings. The molecule has 0 amide bonds. The fourth-order valence-electron chi connectivity index (χ4n) is 1.26. The van der Waals surface area contributed by atoms with Gasteiger partial charge in [-0.25, -0.2) is 0 Å². The van der Waals surface area contributed by atoms with Gasteiger partial charge in [0.2, 0.25) is 0 Å². The van der Waals surface area contributed by atoms with Crippen molar-refractivity contribution in [2.45, 2.75) is 5.92 Å². The second kappa shape index (κ2) is 3.06. The molecular formula is C10H9F2NO. The topological polar surface area (TPSA) is 39.2 Å². The molecule has 2 rings (SSSR count). The summed E-state index contributed by atoms with van der Waals surface area (Å²) >= 11 is 0. The first kappa shape index (κ1) is 9.15. The normalized spacial score (nSPS) is 12.2. The van der Waals surface area contributed by atoms with Crippen molar-refractivity contribution in [1.82, 2.24) is 0 Å². The van der Waals surface area contributed by atoms with E-state index in [0.29, 0.717) is 11.0 Å². The Morgan fingerprint density at radius 1 is 1.29 bits per heavy atom. The number of furan rings is 1. The van der Waals surface area contributed by atoms with Crippen molar-refractivity contribution < 1.29 is 13.2 Å². The summed E-state index contributed by atoms with van der Waals surface area (Å²) < 4.78 is 31.2. The Morgan fingerprint density at radius 2 is 2.00 bits per heavy atom. The van der Waals surface area contributed by atoms with E-state index in [-0.39, 0.29) is 5.76 Å². The number of fused-ring (bicyclic) bond motifs is 1. The van der Waals surface area contributed by atoms with Gasteiger partial charge in [0.05, 0.1) is 6.54 Å². The van der Waals surface area contributed by atoms with E-state index in [1.54, 1.807) is 24.3 Å². The summed E-state index contributed by atoms with van der Waals surface area (Å²) in [5.41, 5.74) is 5.40. The standard InChI is InChI=1S/C10H9F2NO/c11-10(12,6-13)9-5-7-3-1-2-4-8(7)14-9/h1-5H,6,13H2. The molecular weight excluding hydrogens is 188 g/mol. The van der Waals surface area contributed by atoms with E-state index in [1.165, 1.54) is 6.07 Å². The van der Waals surface area contributed by atoms with Crippen LogP contribution in [0.3, 0.4) is 0 Å². The van der Waals surface area contributed by atoms with Crippen LogP contribution in [-0.4, -0.2) is 6.54 Å². The number of alkyl halides is 2. The third-order valence-corrected chi connectivity index (χ3v) is 2.04. The van der Waals surface area contributed by atoms with E-state index in [9.17, 15) is 8.78 Å². The van der Waals surface area contributed by atoms with Gasteiger partial charge in [0.1, 0.15) is 5.58 Å². The van der Waals surface area contributed by atoms with Gasteiger partial charge >= 0.3 is 5.92 Å². The van der Waals surface area contributed by atoms with E-state index in [1.807, 2.05) is 0 Å². The van der Waals surface area contributed by atoms with Crippen LogP contribution in [0, 0.1) is 0 Å². The van der Waals surface area contributed by atoms with Gasteiger partial charge in [0, 0.05) is 5.39 Å². The van der Waals surface area contributed by atoms with Crippen LogP contribution in [0.1, 0.15) is 5.76 Å². The molecule has 2 N–H and O–H groups in total. The Hall–Kier alpha value is -1.42. The molecule has 0 atom stereocenters. The fraction of sp³-hybridized carbons (Fsp3) is 0.200. The second-order valence-corrected chi connectivity index (χ2v) is 3.06. The van der Waals surface area contributed by atoms with Crippen LogP contribution in [-0.2, 0) is 5.92 Å². The molecule has 0 radical (unpaired) electrons. The molecule has 0 bridgehead atoms. The zero-order chi connectivity index (χ0) is 10.2. The molecule has 0 saturated heterocycles. The maximum Gasteiger partial charge on any atom is 0.316 e. The first-order valence-corrected chi connectivity index (χ1v) is 4.20. The molecule has 0 saturated carbocycles. The third kappa shape index (κ3) is 1.37. The third-order valence-electron chi connectivity index (χ3n) is 2.04. The molecule has 0 aliphatic heterocycles. The average molecular weight is 197 g/mol. The highest BCUT2D eigenvalue weighted by molar-refractivity contribution is 5.77. The lowest BCUT2D eigenvalue weighted by molar-refractivity contribution is -0.0145. The smallest absolute Gasteiger partial charge is 0.316 e. The number of rotatable bonds is 2. The summed E-state index contributed by atoms with van der Waals surface area (Å²) in [6.07, 6.45) is 0. The molecule has 0 aliphatic carbocycles. The Kier molecular flexibility index (Phi) is 2.00. The fourth-order valence-corrected chi connectivity index (χ4v) is 1.26. The van der Waals surface area contributed by atoms with Gasteiger partial charge in [0.15, 0.2) is 5.76 Å². The summed E-state index contributed by atoms with van der Waals surface area (Å²) in [4.78, 5) is 0. The highest BCUT2D eigenvalue weighted by atomic mass is 19.3. The minimum Gasteiger partial charge on any atom is -0.455 e. The van der Waals surface area contributed by atoms with Gasteiger partial charge in [-0.15, -0.1) is 0 Å². The predicted octanol–water partition coefficient (Wildman–Crippen LogP) is 2.48. The first-order valence-electron chi connectivity index (χ1n) is 4.20. The van der Waals surface area contributed by atoms with Crippen LogP contribution < -0.4 is 5.73 Å². The number of hydrogen-bond acceptors (Lipinski definition) is 2. The van der Waals surface area contributed by atoms with Crippen LogP contribution in [0.5, 0.6) is 0 Å². The molecule has 1 aromatic carbocycles. The summed E-state index contributed by atoms with van der Waals surface area (Å²) in [5, 5.41) is 0.663. The van der Waals surface area contributed by atoms with Crippen molar-refractivity contribution in [2.75, 3.05) is 6.54 Å². The van der Waals surface area contributed by atoms with E-state index in [2.05, 4.69) is 0 Å². The lowest BCUT2D eigenvalue weighted by Crippen LogP contribution is -2.24. The molecule has 1 heterocycles. The lowest BCUT2D eigenvalue weighted by Gasteiger charge is -2.08. The monoisotopic (exact) mass is 197 g/mol. The maximum atomic E-state index is 13.1. The van der Waals surface area contributed by atoms with Crippen molar-refractivity contribution in [1.29, 1.82) is 0 Å². The molecule has 14 heavy (non-hydrogen) atoms. The highest BCUT2D eigenvalue weighted by Crippen LogP contribution is 2.31. The molecule has 0 unspecified atom stereocenters. The van der Waals surface area contributed by atoms with Crippen LogP contribution in [0.15, 0.2) is 34.7 Å². The summed E-state index contributed by atoms with van der Waals surface area (Å²) in [6, 6.07) is 8.18. The molecule has 2 nitrogen and oxygen atoms in total. The average Bonchev–Trinajstić information content (AvgIpc) is 2.61. The largest absolute Gasteiger partial charge is 0.455 e. The molecule has 74 valence electrons. The zero-order valence-electron chi connectivity index (χ0n) is 7.34. The quantitative estimate of drug-likeness (QED) is 0.803. The SMILES string of the molecule is NCC(F)(F)c1cc2ccccc2o1. The van der Waals surface area contributed by atoms with Gasteiger partial charge in [-0.2, -0.15) is 8.78 Å². The van der Waals surface area contributed by atoms with Crippen LogP contribution in [0.4, 0.5) is 8.78 Å². The number of halogens is 2. The van der Waals surface area contributed by atoms with Gasteiger partial charge in [-0.3, -0.25) is 0 Å². The summed E-state index contributed by atoms with van der Waals surface area (Å²) in [6.45, 7) is -0.743. The molecule has 0 spiro atoms. The van der Waals surface area contributed by atoms with E-state index < -0.39 is 12.5 Å². The van der Waals surface area contributed by atoms with E-state index in [4.69, 9.17) is 10.2 Å². The highest BCUT2D eigenvalue weighted by Gasteiger charge is 2.33. The molecule has 1 aromatic heterocycles. The number of hydrogen-bond donors (Lipinski definition) is 1. The minimum absolute atomic E-state index is 0.374. The van der Waals surface area contributed by atoms with Crippen molar-refractivity contribution in [3.8, 4) is 0 Å². The Bertz CT molecular complexity index is 417. The van der Waals surface area contributed by atoms with E-state index >= 15 is 0 Å². The second-order valence-electron chi connectivity index (χ2n) is 3.06. The van der Waals surface area contributed by atoms with Gasteiger partial charge in [0.25, 0.3) is 0 Å².